The van der Waals surface area contributed by atoms with Gasteiger partial charge in [-0.3, -0.25) is 0 Å². The van der Waals surface area contributed by atoms with Crippen LogP contribution in [-0.4, -0.2) is 6.04 Å². The Bertz CT molecular complexity index is 345. The number of hydrogen-bond donors (Lipinski definition) is 1. The number of rotatable bonds is 9. The summed E-state index contributed by atoms with van der Waals surface area (Å²) < 4.78 is 0. The highest BCUT2D eigenvalue weighted by molar-refractivity contribution is 5.28. The Morgan fingerprint density at radius 2 is 1.68 bits per heavy atom. The lowest BCUT2D eigenvalue weighted by atomic mass is 10.0. The van der Waals surface area contributed by atoms with Gasteiger partial charge in [0, 0.05) is 12.1 Å². The fourth-order valence-electron chi connectivity index (χ4n) is 2.73. The second kappa shape index (κ2) is 9.14. The molecule has 0 fully saturated rings. The van der Waals surface area contributed by atoms with Crippen LogP contribution < -0.4 is 5.32 Å². The first-order chi connectivity index (χ1) is 9.15. The van der Waals surface area contributed by atoms with Gasteiger partial charge < -0.3 is 5.32 Å². The van der Waals surface area contributed by atoms with E-state index in [2.05, 4.69) is 57.3 Å². The van der Waals surface area contributed by atoms with E-state index < -0.39 is 0 Å². The largest absolute Gasteiger partial charge is 0.308 e. The molecule has 0 aliphatic rings. The fourth-order valence-corrected chi connectivity index (χ4v) is 2.73. The van der Waals surface area contributed by atoms with Crippen molar-refractivity contribution in [3.63, 3.8) is 0 Å². The zero-order valence-corrected chi connectivity index (χ0v) is 13.2. The van der Waals surface area contributed by atoms with Crippen molar-refractivity contribution in [1.82, 2.24) is 5.32 Å². The van der Waals surface area contributed by atoms with Crippen molar-refractivity contribution < 1.29 is 0 Å². The van der Waals surface area contributed by atoms with Gasteiger partial charge in [-0.15, -0.1) is 0 Å². The van der Waals surface area contributed by atoms with Crippen LogP contribution in [0.5, 0.6) is 0 Å². The van der Waals surface area contributed by atoms with E-state index in [0.717, 1.165) is 0 Å². The summed E-state index contributed by atoms with van der Waals surface area (Å²) in [4.78, 5) is 0. The molecule has 0 bridgehead atoms. The van der Waals surface area contributed by atoms with E-state index in [1.54, 1.807) is 0 Å². The molecule has 0 saturated carbocycles. The molecule has 1 aromatic carbocycles. The maximum absolute atomic E-state index is 3.73. The van der Waals surface area contributed by atoms with Gasteiger partial charge in [0.2, 0.25) is 0 Å². The molecule has 1 nitrogen and oxygen atoms in total. The highest BCUT2D eigenvalue weighted by Crippen LogP contribution is 2.18. The second-order valence-corrected chi connectivity index (χ2v) is 5.85. The number of nitrogens with one attached hydrogen (secondary N) is 1. The van der Waals surface area contributed by atoms with E-state index in [-0.39, 0.29) is 0 Å². The van der Waals surface area contributed by atoms with Gasteiger partial charge in [-0.25, -0.2) is 0 Å². The maximum Gasteiger partial charge on any atom is 0.0296 e. The van der Waals surface area contributed by atoms with Crippen LogP contribution in [0.25, 0.3) is 0 Å². The third-order valence-corrected chi connectivity index (χ3v) is 3.93. The molecule has 1 unspecified atom stereocenters. The molecular weight excluding hydrogens is 230 g/mol. The van der Waals surface area contributed by atoms with Crippen LogP contribution in [0.4, 0.5) is 0 Å². The summed E-state index contributed by atoms with van der Waals surface area (Å²) in [6, 6.07) is 9.74. The monoisotopic (exact) mass is 261 g/mol. The molecule has 0 aromatic heterocycles. The average molecular weight is 261 g/mol. The summed E-state index contributed by atoms with van der Waals surface area (Å²) in [5.41, 5.74) is 2.82. The van der Waals surface area contributed by atoms with Crippen molar-refractivity contribution in [2.24, 2.45) is 0 Å². The first kappa shape index (κ1) is 16.2. The van der Waals surface area contributed by atoms with Gasteiger partial charge in [0.15, 0.2) is 0 Å². The molecule has 0 spiro atoms. The first-order valence-corrected chi connectivity index (χ1v) is 7.96. The van der Waals surface area contributed by atoms with E-state index in [0.29, 0.717) is 12.1 Å². The van der Waals surface area contributed by atoms with Crippen molar-refractivity contribution in [2.45, 2.75) is 78.3 Å². The summed E-state index contributed by atoms with van der Waals surface area (Å²) in [6.45, 7) is 9.06. The summed E-state index contributed by atoms with van der Waals surface area (Å²) in [5.74, 6) is 0. The SMILES string of the molecule is CCCCCCCC(C)N[C@H](C)c1ccccc1C. The van der Waals surface area contributed by atoms with Crippen molar-refractivity contribution in [3.8, 4) is 0 Å². The summed E-state index contributed by atoms with van der Waals surface area (Å²) >= 11 is 0. The van der Waals surface area contributed by atoms with E-state index in [4.69, 9.17) is 0 Å². The van der Waals surface area contributed by atoms with Crippen LogP contribution in [0.15, 0.2) is 24.3 Å². The minimum absolute atomic E-state index is 0.451. The molecule has 1 aromatic rings. The molecule has 0 aliphatic heterocycles. The molecule has 1 N–H and O–H groups in total. The molecule has 19 heavy (non-hydrogen) atoms. The molecule has 0 heterocycles. The van der Waals surface area contributed by atoms with Crippen molar-refractivity contribution in [2.75, 3.05) is 0 Å². The minimum atomic E-state index is 0.451. The van der Waals surface area contributed by atoms with Crippen molar-refractivity contribution in [1.29, 1.82) is 0 Å². The highest BCUT2D eigenvalue weighted by Gasteiger charge is 2.10. The lowest BCUT2D eigenvalue weighted by molar-refractivity contribution is 0.436. The molecule has 108 valence electrons. The van der Waals surface area contributed by atoms with Crippen molar-refractivity contribution >= 4 is 0 Å². The molecule has 1 heteroatoms. The zero-order valence-electron chi connectivity index (χ0n) is 13.2. The van der Waals surface area contributed by atoms with Gasteiger partial charge >= 0.3 is 0 Å². The van der Waals surface area contributed by atoms with E-state index in [1.807, 2.05) is 0 Å². The van der Waals surface area contributed by atoms with Gasteiger partial charge in [-0.1, -0.05) is 63.3 Å². The van der Waals surface area contributed by atoms with Crippen LogP contribution in [0.3, 0.4) is 0 Å². The topological polar surface area (TPSA) is 12.0 Å². The Morgan fingerprint density at radius 3 is 2.37 bits per heavy atom. The Labute approximate surface area is 119 Å². The highest BCUT2D eigenvalue weighted by atomic mass is 14.9. The first-order valence-electron chi connectivity index (χ1n) is 7.96. The summed E-state index contributed by atoms with van der Waals surface area (Å²) in [6.07, 6.45) is 8.16. The van der Waals surface area contributed by atoms with E-state index in [9.17, 15) is 0 Å². The Hall–Kier alpha value is -0.820. The molecule has 2 atom stereocenters. The third kappa shape index (κ3) is 6.24. The smallest absolute Gasteiger partial charge is 0.0296 e. The molecule has 0 aliphatic carbocycles. The van der Waals surface area contributed by atoms with Gasteiger partial charge in [0.1, 0.15) is 0 Å². The van der Waals surface area contributed by atoms with Crippen LogP contribution in [0.2, 0.25) is 0 Å². The summed E-state index contributed by atoms with van der Waals surface area (Å²) in [5, 5.41) is 3.73. The van der Waals surface area contributed by atoms with Crippen LogP contribution >= 0.6 is 0 Å². The molecule has 1 rings (SSSR count). The Balaban J connectivity index is 2.28. The summed E-state index contributed by atoms with van der Waals surface area (Å²) in [7, 11) is 0. The quantitative estimate of drug-likeness (QED) is 0.587. The third-order valence-electron chi connectivity index (χ3n) is 3.93. The standard InChI is InChI=1S/C18H31N/c1-5-6-7-8-9-13-16(3)19-17(4)18-14-11-10-12-15(18)2/h10-12,14,16-17,19H,5-9,13H2,1-4H3/t16?,17-/m1/s1. The number of unbranched alkanes of at least 4 members (excludes halogenated alkanes) is 4. The lowest BCUT2D eigenvalue weighted by Crippen LogP contribution is -2.29. The average Bonchev–Trinajstić information content (AvgIpc) is 2.39. The lowest BCUT2D eigenvalue weighted by Gasteiger charge is -2.21. The van der Waals surface area contributed by atoms with Crippen LogP contribution in [-0.2, 0) is 0 Å². The fraction of sp³-hybridized carbons (Fsp3) is 0.667. The van der Waals surface area contributed by atoms with Crippen LogP contribution in [0, 0.1) is 6.92 Å². The molecular formula is C18H31N. The van der Waals surface area contributed by atoms with E-state index in [1.165, 1.54) is 49.7 Å². The second-order valence-electron chi connectivity index (χ2n) is 5.85. The van der Waals surface area contributed by atoms with Crippen LogP contribution in [0.1, 0.15) is 76.5 Å². The van der Waals surface area contributed by atoms with Crippen molar-refractivity contribution in [3.05, 3.63) is 35.4 Å². The Kier molecular flexibility index (Phi) is 7.81. The predicted octanol–water partition coefficient (Wildman–Crippen LogP) is 5.39. The van der Waals surface area contributed by atoms with E-state index >= 15 is 0 Å². The number of hydrogen-bond acceptors (Lipinski definition) is 1. The Morgan fingerprint density at radius 1 is 1.00 bits per heavy atom. The molecule has 0 amide bonds. The van der Waals surface area contributed by atoms with Gasteiger partial charge in [0.25, 0.3) is 0 Å². The van der Waals surface area contributed by atoms with Gasteiger partial charge in [0.05, 0.1) is 0 Å². The normalized spacial score (nSPS) is 14.3. The zero-order chi connectivity index (χ0) is 14.1. The molecule has 0 saturated heterocycles. The maximum atomic E-state index is 3.73. The van der Waals surface area contributed by atoms with Gasteiger partial charge in [-0.2, -0.15) is 0 Å². The molecule has 0 radical (unpaired) electrons. The predicted molar refractivity (Wildman–Crippen MR) is 85.6 cm³/mol. The number of benzene rings is 1. The minimum Gasteiger partial charge on any atom is -0.308 e. The number of aryl methyl sites for hydroxylation is 1. The van der Waals surface area contributed by atoms with Gasteiger partial charge in [-0.05, 0) is 38.3 Å².